The molecule has 0 spiro atoms. The second kappa shape index (κ2) is 7.73. The maximum atomic E-state index is 11.8. The number of benzene rings is 1. The van der Waals surface area contributed by atoms with Crippen LogP contribution < -0.4 is 10.2 Å². The molecular formula is C19H23N3O2. The number of rotatable bonds is 5. The van der Waals surface area contributed by atoms with Crippen LogP contribution in [0.2, 0.25) is 0 Å². The first-order chi connectivity index (χ1) is 11.4. The summed E-state index contributed by atoms with van der Waals surface area (Å²) in [5, 5.41) is 4.05. The number of carbonyl (C=O) groups excluding carboxylic acids is 1. The molecule has 5 nitrogen and oxygen atoms in total. The fourth-order valence-corrected chi connectivity index (χ4v) is 2.02. The highest BCUT2D eigenvalue weighted by Crippen LogP contribution is 2.24. The minimum absolute atomic E-state index is 0.0846. The highest BCUT2D eigenvalue weighted by atomic mass is 16.5. The molecule has 0 atom stereocenters. The van der Waals surface area contributed by atoms with Gasteiger partial charge in [-0.15, -0.1) is 0 Å². The normalized spacial score (nSPS) is 11.9. The van der Waals surface area contributed by atoms with Crippen LogP contribution in [0.5, 0.6) is 5.75 Å². The summed E-state index contributed by atoms with van der Waals surface area (Å²) in [6, 6.07) is 11.5. The van der Waals surface area contributed by atoms with Crippen LogP contribution in [0.15, 0.2) is 53.9 Å². The van der Waals surface area contributed by atoms with E-state index in [1.54, 1.807) is 12.4 Å². The van der Waals surface area contributed by atoms with Crippen molar-refractivity contribution in [1.82, 2.24) is 10.4 Å². The molecular weight excluding hydrogens is 302 g/mol. The van der Waals surface area contributed by atoms with Crippen molar-refractivity contribution in [3.05, 3.63) is 59.9 Å². The minimum atomic E-state index is -0.307. The topological polar surface area (TPSA) is 63.6 Å². The monoisotopic (exact) mass is 325 g/mol. The molecule has 1 amide bonds. The third-order valence-electron chi connectivity index (χ3n) is 3.52. The molecule has 1 heterocycles. The van der Waals surface area contributed by atoms with Crippen LogP contribution in [0.4, 0.5) is 0 Å². The van der Waals surface area contributed by atoms with Crippen LogP contribution in [0.1, 0.15) is 38.8 Å². The maximum Gasteiger partial charge on any atom is 0.277 e. The third-order valence-corrected chi connectivity index (χ3v) is 3.52. The zero-order chi connectivity index (χ0) is 17.6. The Morgan fingerprint density at radius 2 is 1.92 bits per heavy atom. The number of amides is 1. The molecule has 0 aliphatic carbocycles. The lowest BCUT2D eigenvalue weighted by Crippen LogP contribution is -2.25. The Balaban J connectivity index is 1.85. The smallest absolute Gasteiger partial charge is 0.277 e. The van der Waals surface area contributed by atoms with E-state index in [0.29, 0.717) is 11.5 Å². The Labute approximate surface area is 142 Å². The molecule has 1 aromatic carbocycles. The Morgan fingerprint density at radius 3 is 2.50 bits per heavy atom. The number of aromatic nitrogens is 1. The predicted octanol–water partition coefficient (Wildman–Crippen LogP) is 3.30. The number of nitrogens with one attached hydrogen (secondary N) is 1. The molecule has 0 saturated carbocycles. The first kappa shape index (κ1) is 17.7. The molecule has 126 valence electrons. The van der Waals surface area contributed by atoms with E-state index in [1.165, 1.54) is 5.56 Å². The van der Waals surface area contributed by atoms with E-state index in [9.17, 15) is 4.79 Å². The molecule has 1 aromatic heterocycles. The van der Waals surface area contributed by atoms with Gasteiger partial charge in [0.05, 0.1) is 5.71 Å². The number of carbonyl (C=O) groups is 1. The first-order valence-corrected chi connectivity index (χ1v) is 7.83. The molecule has 0 fully saturated rings. The lowest BCUT2D eigenvalue weighted by molar-refractivity contribution is -0.123. The zero-order valence-electron chi connectivity index (χ0n) is 14.5. The summed E-state index contributed by atoms with van der Waals surface area (Å²) in [6.45, 7) is 8.18. The van der Waals surface area contributed by atoms with Crippen LogP contribution in [-0.4, -0.2) is 23.2 Å². The fourth-order valence-electron chi connectivity index (χ4n) is 2.02. The number of nitrogens with zero attached hydrogens (tertiary/aromatic N) is 2. The van der Waals surface area contributed by atoms with Gasteiger partial charge in [0.2, 0.25) is 0 Å². The standard InChI is InChI=1S/C19H23N3O2/c1-14(15-6-5-11-20-12-15)21-22-18(23)13-24-17-9-7-16(8-10-17)19(2,3)4/h5-12H,13H2,1-4H3,(H,22,23)/b21-14-. The number of pyridine rings is 1. The Morgan fingerprint density at radius 1 is 1.21 bits per heavy atom. The van der Waals surface area contributed by atoms with Gasteiger partial charge >= 0.3 is 0 Å². The quantitative estimate of drug-likeness (QED) is 0.677. The van der Waals surface area contributed by atoms with Gasteiger partial charge in [-0.25, -0.2) is 5.43 Å². The van der Waals surface area contributed by atoms with Crippen LogP contribution in [0.25, 0.3) is 0 Å². The molecule has 0 bridgehead atoms. The van der Waals surface area contributed by atoms with Crippen LogP contribution in [0.3, 0.4) is 0 Å². The number of hydrazone groups is 1. The van der Waals surface area contributed by atoms with Crippen molar-refractivity contribution in [2.45, 2.75) is 33.1 Å². The second-order valence-electron chi connectivity index (χ2n) is 6.54. The lowest BCUT2D eigenvalue weighted by Gasteiger charge is -2.19. The van der Waals surface area contributed by atoms with E-state index in [-0.39, 0.29) is 17.9 Å². The molecule has 5 heteroatoms. The van der Waals surface area contributed by atoms with E-state index in [1.807, 2.05) is 43.3 Å². The molecule has 1 N–H and O–H groups in total. The van der Waals surface area contributed by atoms with Crippen molar-refractivity contribution in [1.29, 1.82) is 0 Å². The predicted molar refractivity (Wildman–Crippen MR) is 95.2 cm³/mol. The zero-order valence-corrected chi connectivity index (χ0v) is 14.5. The summed E-state index contributed by atoms with van der Waals surface area (Å²) in [6.07, 6.45) is 3.38. The largest absolute Gasteiger partial charge is 0.484 e. The highest BCUT2D eigenvalue weighted by Gasteiger charge is 2.13. The lowest BCUT2D eigenvalue weighted by atomic mass is 9.87. The van der Waals surface area contributed by atoms with E-state index in [2.05, 4.69) is 36.3 Å². The Kier molecular flexibility index (Phi) is 5.68. The van der Waals surface area contributed by atoms with Crippen molar-refractivity contribution >= 4 is 11.6 Å². The molecule has 0 saturated heterocycles. The van der Waals surface area contributed by atoms with Gasteiger partial charge in [0.15, 0.2) is 6.61 Å². The third kappa shape index (κ3) is 5.19. The molecule has 24 heavy (non-hydrogen) atoms. The van der Waals surface area contributed by atoms with Crippen LogP contribution in [-0.2, 0) is 10.2 Å². The summed E-state index contributed by atoms with van der Waals surface area (Å²) < 4.78 is 5.48. The van der Waals surface area contributed by atoms with E-state index < -0.39 is 0 Å². The Bertz CT molecular complexity index is 702. The van der Waals surface area contributed by atoms with Crippen molar-refractivity contribution in [2.75, 3.05) is 6.61 Å². The average Bonchev–Trinajstić information content (AvgIpc) is 2.58. The first-order valence-electron chi connectivity index (χ1n) is 7.83. The number of hydrogen-bond donors (Lipinski definition) is 1. The van der Waals surface area contributed by atoms with Crippen molar-refractivity contribution in [3.8, 4) is 5.75 Å². The molecule has 2 aromatic rings. The summed E-state index contributed by atoms with van der Waals surface area (Å²) in [5.74, 6) is 0.351. The molecule has 0 aliphatic heterocycles. The van der Waals surface area contributed by atoms with Crippen molar-refractivity contribution in [3.63, 3.8) is 0 Å². The molecule has 0 unspecified atom stereocenters. The van der Waals surface area contributed by atoms with E-state index >= 15 is 0 Å². The average molecular weight is 325 g/mol. The fraction of sp³-hybridized carbons (Fsp3) is 0.316. The number of hydrogen-bond acceptors (Lipinski definition) is 4. The van der Waals surface area contributed by atoms with Gasteiger partial charge in [0.1, 0.15) is 5.75 Å². The number of ether oxygens (including phenoxy) is 1. The van der Waals surface area contributed by atoms with Crippen LogP contribution in [0, 0.1) is 0 Å². The molecule has 0 aliphatic rings. The van der Waals surface area contributed by atoms with Crippen molar-refractivity contribution in [2.24, 2.45) is 5.10 Å². The molecule has 2 rings (SSSR count). The van der Waals surface area contributed by atoms with Gasteiger partial charge in [-0.05, 0) is 36.1 Å². The SMILES string of the molecule is C/C(=N/NC(=O)COc1ccc(C(C)(C)C)cc1)c1cccnc1. The maximum absolute atomic E-state index is 11.8. The van der Waals surface area contributed by atoms with Gasteiger partial charge in [-0.2, -0.15) is 5.10 Å². The Hall–Kier alpha value is -2.69. The molecule has 0 radical (unpaired) electrons. The van der Waals surface area contributed by atoms with Gasteiger partial charge in [-0.1, -0.05) is 39.0 Å². The van der Waals surface area contributed by atoms with Gasteiger partial charge in [0.25, 0.3) is 5.91 Å². The minimum Gasteiger partial charge on any atom is -0.484 e. The summed E-state index contributed by atoms with van der Waals surface area (Å²) in [4.78, 5) is 15.8. The second-order valence-corrected chi connectivity index (χ2v) is 6.54. The van der Waals surface area contributed by atoms with E-state index in [4.69, 9.17) is 4.74 Å². The van der Waals surface area contributed by atoms with E-state index in [0.717, 1.165) is 5.56 Å². The van der Waals surface area contributed by atoms with Gasteiger partial charge < -0.3 is 4.74 Å². The van der Waals surface area contributed by atoms with Gasteiger partial charge in [0, 0.05) is 18.0 Å². The van der Waals surface area contributed by atoms with Crippen LogP contribution >= 0.6 is 0 Å². The summed E-state index contributed by atoms with van der Waals surface area (Å²) in [7, 11) is 0. The van der Waals surface area contributed by atoms with Gasteiger partial charge in [-0.3, -0.25) is 9.78 Å². The highest BCUT2D eigenvalue weighted by molar-refractivity contribution is 5.98. The van der Waals surface area contributed by atoms with Crippen molar-refractivity contribution < 1.29 is 9.53 Å². The summed E-state index contributed by atoms with van der Waals surface area (Å²) >= 11 is 0. The summed E-state index contributed by atoms with van der Waals surface area (Å²) in [5.41, 5.74) is 5.34.